The summed E-state index contributed by atoms with van der Waals surface area (Å²) in [7, 11) is 0. The Morgan fingerprint density at radius 2 is 1.71 bits per heavy atom. The Kier molecular flexibility index (Phi) is 6.17. The lowest BCUT2D eigenvalue weighted by atomic mass is 9.85. The van der Waals surface area contributed by atoms with Crippen molar-refractivity contribution in [1.82, 2.24) is 10.6 Å². The first kappa shape index (κ1) is 16.4. The van der Waals surface area contributed by atoms with E-state index in [1.54, 1.807) is 0 Å². The minimum absolute atomic E-state index is 0.110. The first-order valence-electron chi connectivity index (χ1n) is 6.67. The largest absolute Gasteiger partial charge is 0.355 e. The predicted molar refractivity (Wildman–Crippen MR) is 74.0 cm³/mol. The van der Waals surface area contributed by atoms with Crippen LogP contribution in [0.1, 0.15) is 54.9 Å². The van der Waals surface area contributed by atoms with Gasteiger partial charge in [0, 0.05) is 13.1 Å². The molecule has 0 aromatic carbocycles. The number of carbonyl (C=O) groups excluding carboxylic acids is 1. The average molecular weight is 242 g/mol. The molecule has 102 valence electrons. The van der Waals surface area contributed by atoms with E-state index in [1.807, 2.05) is 6.92 Å². The molecule has 0 aromatic heterocycles. The first-order valence-corrected chi connectivity index (χ1v) is 6.67. The van der Waals surface area contributed by atoms with Crippen molar-refractivity contribution in [3.8, 4) is 0 Å². The summed E-state index contributed by atoms with van der Waals surface area (Å²) in [4.78, 5) is 12.2. The van der Waals surface area contributed by atoms with Crippen molar-refractivity contribution >= 4 is 5.91 Å². The van der Waals surface area contributed by atoms with Crippen LogP contribution >= 0.6 is 0 Å². The molecule has 2 N–H and O–H groups in total. The van der Waals surface area contributed by atoms with Gasteiger partial charge >= 0.3 is 0 Å². The lowest BCUT2D eigenvalue weighted by Crippen LogP contribution is -2.59. The Labute approximate surface area is 107 Å². The normalized spacial score (nSPS) is 15.8. The Balaban J connectivity index is 4.61. The quantitative estimate of drug-likeness (QED) is 0.751. The molecule has 0 aliphatic heterocycles. The third-order valence-electron chi connectivity index (χ3n) is 3.15. The SMILES string of the molecule is CCCNC(=O)C(C)(NCC(C)(C)C)C(C)C. The highest BCUT2D eigenvalue weighted by molar-refractivity contribution is 5.86. The van der Waals surface area contributed by atoms with E-state index in [2.05, 4.69) is 52.2 Å². The lowest BCUT2D eigenvalue weighted by molar-refractivity contribution is -0.128. The van der Waals surface area contributed by atoms with Crippen LogP contribution in [0.15, 0.2) is 0 Å². The first-order chi connectivity index (χ1) is 7.63. The molecule has 3 heteroatoms. The summed E-state index contributed by atoms with van der Waals surface area (Å²) in [6.45, 7) is 16.3. The van der Waals surface area contributed by atoms with Gasteiger partial charge in [-0.3, -0.25) is 4.79 Å². The number of carbonyl (C=O) groups is 1. The zero-order valence-electron chi connectivity index (χ0n) is 12.6. The van der Waals surface area contributed by atoms with Gasteiger partial charge in [0.25, 0.3) is 0 Å². The molecule has 0 aromatic rings. The molecule has 0 radical (unpaired) electrons. The second-order valence-corrected chi connectivity index (χ2v) is 6.53. The maximum Gasteiger partial charge on any atom is 0.240 e. The van der Waals surface area contributed by atoms with E-state index < -0.39 is 5.54 Å². The van der Waals surface area contributed by atoms with Crippen LogP contribution in [0.4, 0.5) is 0 Å². The van der Waals surface area contributed by atoms with E-state index in [0.29, 0.717) is 0 Å². The van der Waals surface area contributed by atoms with Crippen LogP contribution < -0.4 is 10.6 Å². The smallest absolute Gasteiger partial charge is 0.240 e. The van der Waals surface area contributed by atoms with E-state index in [-0.39, 0.29) is 17.2 Å². The molecule has 0 saturated heterocycles. The summed E-state index contributed by atoms with van der Waals surface area (Å²) in [6, 6.07) is 0. The van der Waals surface area contributed by atoms with Crippen LogP contribution in [0, 0.1) is 11.3 Å². The van der Waals surface area contributed by atoms with E-state index in [4.69, 9.17) is 0 Å². The van der Waals surface area contributed by atoms with Gasteiger partial charge < -0.3 is 10.6 Å². The Bertz CT molecular complexity index is 243. The van der Waals surface area contributed by atoms with Crippen LogP contribution in [0.2, 0.25) is 0 Å². The third-order valence-corrected chi connectivity index (χ3v) is 3.15. The van der Waals surface area contributed by atoms with E-state index >= 15 is 0 Å². The Morgan fingerprint density at radius 3 is 2.06 bits per heavy atom. The van der Waals surface area contributed by atoms with Crippen molar-refractivity contribution in [2.45, 2.75) is 60.4 Å². The van der Waals surface area contributed by atoms with Gasteiger partial charge in [0.2, 0.25) is 5.91 Å². The zero-order valence-corrected chi connectivity index (χ0v) is 12.6. The number of amides is 1. The van der Waals surface area contributed by atoms with Crippen LogP contribution in [0.5, 0.6) is 0 Å². The highest BCUT2D eigenvalue weighted by Crippen LogP contribution is 2.20. The molecule has 0 saturated carbocycles. The number of rotatable bonds is 6. The van der Waals surface area contributed by atoms with Gasteiger partial charge in [0.1, 0.15) is 0 Å². The average Bonchev–Trinajstić information content (AvgIpc) is 2.20. The minimum Gasteiger partial charge on any atom is -0.355 e. The van der Waals surface area contributed by atoms with Crippen molar-refractivity contribution in [2.24, 2.45) is 11.3 Å². The Hall–Kier alpha value is -0.570. The topological polar surface area (TPSA) is 41.1 Å². The third kappa shape index (κ3) is 5.53. The highest BCUT2D eigenvalue weighted by Gasteiger charge is 2.36. The van der Waals surface area contributed by atoms with Crippen molar-refractivity contribution in [1.29, 1.82) is 0 Å². The number of hydrogen-bond acceptors (Lipinski definition) is 2. The van der Waals surface area contributed by atoms with Crippen LogP contribution in [0.3, 0.4) is 0 Å². The summed E-state index contributed by atoms with van der Waals surface area (Å²) in [5.74, 6) is 0.375. The van der Waals surface area contributed by atoms with Gasteiger partial charge in [-0.2, -0.15) is 0 Å². The predicted octanol–water partition coefficient (Wildman–Crippen LogP) is 2.56. The van der Waals surface area contributed by atoms with Crippen LogP contribution in [0.25, 0.3) is 0 Å². The van der Waals surface area contributed by atoms with Gasteiger partial charge in [-0.05, 0) is 24.7 Å². The maximum atomic E-state index is 12.2. The molecule has 1 amide bonds. The van der Waals surface area contributed by atoms with Crippen molar-refractivity contribution in [3.63, 3.8) is 0 Å². The molecular weight excluding hydrogens is 212 g/mol. The highest BCUT2D eigenvalue weighted by atomic mass is 16.2. The maximum absolute atomic E-state index is 12.2. The summed E-state index contributed by atoms with van der Waals surface area (Å²) < 4.78 is 0. The molecular formula is C14H30N2O. The van der Waals surface area contributed by atoms with E-state index in [0.717, 1.165) is 19.5 Å². The van der Waals surface area contributed by atoms with E-state index in [1.165, 1.54) is 0 Å². The number of nitrogens with one attached hydrogen (secondary N) is 2. The molecule has 0 fully saturated rings. The minimum atomic E-state index is -0.484. The fourth-order valence-corrected chi connectivity index (χ4v) is 1.42. The van der Waals surface area contributed by atoms with Gasteiger partial charge in [0.15, 0.2) is 0 Å². The molecule has 0 spiro atoms. The second-order valence-electron chi connectivity index (χ2n) is 6.53. The van der Waals surface area contributed by atoms with Gasteiger partial charge in [-0.15, -0.1) is 0 Å². The van der Waals surface area contributed by atoms with Gasteiger partial charge in [0.05, 0.1) is 5.54 Å². The monoisotopic (exact) mass is 242 g/mol. The summed E-state index contributed by atoms with van der Waals surface area (Å²) in [6.07, 6.45) is 0.971. The van der Waals surface area contributed by atoms with Crippen molar-refractivity contribution in [2.75, 3.05) is 13.1 Å². The fraction of sp³-hybridized carbons (Fsp3) is 0.929. The molecule has 3 nitrogen and oxygen atoms in total. The molecule has 0 aliphatic carbocycles. The van der Waals surface area contributed by atoms with E-state index in [9.17, 15) is 4.79 Å². The fourth-order valence-electron chi connectivity index (χ4n) is 1.42. The standard InChI is InChI=1S/C14H30N2O/c1-8-9-15-12(17)14(7,11(2)3)16-10-13(4,5)6/h11,16H,8-10H2,1-7H3,(H,15,17). The number of hydrogen-bond donors (Lipinski definition) is 2. The second kappa shape index (κ2) is 6.39. The molecule has 0 bridgehead atoms. The Morgan fingerprint density at radius 1 is 1.18 bits per heavy atom. The molecule has 0 rings (SSSR count). The molecule has 1 atom stereocenters. The van der Waals surface area contributed by atoms with Gasteiger partial charge in [-0.25, -0.2) is 0 Å². The lowest BCUT2D eigenvalue weighted by Gasteiger charge is -2.36. The molecule has 0 heterocycles. The summed E-state index contributed by atoms with van der Waals surface area (Å²) in [5.41, 5.74) is -0.302. The molecule has 17 heavy (non-hydrogen) atoms. The van der Waals surface area contributed by atoms with Crippen molar-refractivity contribution < 1.29 is 4.79 Å². The van der Waals surface area contributed by atoms with Crippen LogP contribution in [-0.2, 0) is 4.79 Å². The van der Waals surface area contributed by atoms with Gasteiger partial charge in [-0.1, -0.05) is 41.5 Å². The molecule has 1 unspecified atom stereocenters. The zero-order chi connectivity index (χ0) is 13.7. The summed E-state index contributed by atoms with van der Waals surface area (Å²) >= 11 is 0. The molecule has 0 aliphatic rings. The van der Waals surface area contributed by atoms with Crippen LogP contribution in [-0.4, -0.2) is 24.5 Å². The summed E-state index contributed by atoms with van der Waals surface area (Å²) in [5, 5.41) is 6.42. The van der Waals surface area contributed by atoms with Crippen molar-refractivity contribution in [3.05, 3.63) is 0 Å².